The summed E-state index contributed by atoms with van der Waals surface area (Å²) in [5.74, 6) is -0.253. The van der Waals surface area contributed by atoms with E-state index < -0.39 is 10.0 Å². The van der Waals surface area contributed by atoms with Crippen molar-refractivity contribution in [2.24, 2.45) is 5.92 Å². The molecular weight excluding hydrogens is 395 g/mol. The number of amides is 1. The predicted molar refractivity (Wildman–Crippen MR) is 106 cm³/mol. The first-order valence-corrected chi connectivity index (χ1v) is 11.3. The standard InChI is InChI=1S/C18H26Cl2N2O3S/c1-3-4-13(2)21-18(23)14-7-9-22(10-8-14)26(24,25)12-15-5-6-16(19)11-17(15)20/h5-6,11,13-14H,3-4,7-10,12H2,1-2H3,(H,21,23)/t13-/m0/s1. The predicted octanol–water partition coefficient (Wildman–Crippen LogP) is 3.84. The van der Waals surface area contributed by atoms with Crippen molar-refractivity contribution in [3.63, 3.8) is 0 Å². The minimum atomic E-state index is -3.48. The molecule has 0 unspecified atom stereocenters. The lowest BCUT2D eigenvalue weighted by atomic mass is 9.96. The number of nitrogens with zero attached hydrogens (tertiary/aromatic N) is 1. The second-order valence-electron chi connectivity index (χ2n) is 6.86. The maximum Gasteiger partial charge on any atom is 0.223 e. The van der Waals surface area contributed by atoms with E-state index in [2.05, 4.69) is 12.2 Å². The summed E-state index contributed by atoms with van der Waals surface area (Å²) in [5.41, 5.74) is 0.532. The van der Waals surface area contributed by atoms with Gasteiger partial charge in [-0.2, -0.15) is 0 Å². The van der Waals surface area contributed by atoms with Crippen molar-refractivity contribution in [2.75, 3.05) is 13.1 Å². The van der Waals surface area contributed by atoms with Crippen LogP contribution in [0.25, 0.3) is 0 Å². The largest absolute Gasteiger partial charge is 0.353 e. The van der Waals surface area contributed by atoms with Crippen LogP contribution in [-0.2, 0) is 20.6 Å². The Morgan fingerprint density at radius 1 is 1.31 bits per heavy atom. The molecule has 1 aliphatic rings. The number of halogens is 2. The molecule has 1 N–H and O–H groups in total. The highest BCUT2D eigenvalue weighted by molar-refractivity contribution is 7.88. The van der Waals surface area contributed by atoms with E-state index >= 15 is 0 Å². The molecule has 1 aromatic carbocycles. The number of nitrogens with one attached hydrogen (secondary N) is 1. The summed E-state index contributed by atoms with van der Waals surface area (Å²) in [6.07, 6.45) is 3.04. The molecule has 0 bridgehead atoms. The summed E-state index contributed by atoms with van der Waals surface area (Å²) in [6, 6.07) is 4.97. The van der Waals surface area contributed by atoms with Crippen LogP contribution in [0.5, 0.6) is 0 Å². The van der Waals surface area contributed by atoms with Crippen LogP contribution in [-0.4, -0.2) is 37.8 Å². The van der Waals surface area contributed by atoms with Gasteiger partial charge in [-0.15, -0.1) is 0 Å². The lowest BCUT2D eigenvalue weighted by Crippen LogP contribution is -2.45. The van der Waals surface area contributed by atoms with Crippen LogP contribution < -0.4 is 5.32 Å². The normalized spacial score (nSPS) is 17.8. The molecule has 1 fully saturated rings. The Labute approximate surface area is 166 Å². The van der Waals surface area contributed by atoms with Crippen molar-refractivity contribution < 1.29 is 13.2 Å². The topological polar surface area (TPSA) is 66.5 Å². The van der Waals surface area contributed by atoms with E-state index in [1.165, 1.54) is 4.31 Å². The zero-order valence-electron chi connectivity index (χ0n) is 15.2. The number of carbonyl (C=O) groups is 1. The summed E-state index contributed by atoms with van der Waals surface area (Å²) in [5, 5.41) is 3.84. The second-order valence-corrected chi connectivity index (χ2v) is 9.68. The fourth-order valence-corrected chi connectivity index (χ4v) is 5.34. The van der Waals surface area contributed by atoms with Crippen molar-refractivity contribution in [3.8, 4) is 0 Å². The molecule has 1 amide bonds. The highest BCUT2D eigenvalue weighted by Crippen LogP contribution is 2.26. The fraction of sp³-hybridized carbons (Fsp3) is 0.611. The fourth-order valence-electron chi connectivity index (χ4n) is 3.19. The molecule has 146 valence electrons. The number of benzene rings is 1. The van der Waals surface area contributed by atoms with Crippen molar-refractivity contribution in [1.82, 2.24) is 9.62 Å². The molecule has 0 radical (unpaired) electrons. The van der Waals surface area contributed by atoms with E-state index in [0.717, 1.165) is 12.8 Å². The van der Waals surface area contributed by atoms with Gasteiger partial charge in [0.1, 0.15) is 0 Å². The number of piperidine rings is 1. The van der Waals surface area contributed by atoms with Gasteiger partial charge in [-0.3, -0.25) is 4.79 Å². The summed E-state index contributed by atoms with van der Waals surface area (Å²) in [7, 11) is -3.48. The first-order chi connectivity index (χ1) is 12.2. The van der Waals surface area contributed by atoms with Crippen LogP contribution in [0.15, 0.2) is 18.2 Å². The van der Waals surface area contributed by atoms with E-state index in [1.54, 1.807) is 18.2 Å². The molecule has 5 nitrogen and oxygen atoms in total. The molecule has 1 aliphatic heterocycles. The molecule has 1 saturated heterocycles. The summed E-state index contributed by atoms with van der Waals surface area (Å²) < 4.78 is 26.8. The highest BCUT2D eigenvalue weighted by atomic mass is 35.5. The molecule has 26 heavy (non-hydrogen) atoms. The summed E-state index contributed by atoms with van der Waals surface area (Å²) >= 11 is 11.9. The van der Waals surface area contributed by atoms with E-state index in [0.29, 0.717) is 41.5 Å². The maximum atomic E-state index is 12.7. The number of sulfonamides is 1. The van der Waals surface area contributed by atoms with Crippen molar-refractivity contribution >= 4 is 39.1 Å². The van der Waals surface area contributed by atoms with Crippen LogP contribution in [0.4, 0.5) is 0 Å². The Morgan fingerprint density at radius 3 is 2.54 bits per heavy atom. The van der Waals surface area contributed by atoms with Crippen molar-refractivity contribution in [3.05, 3.63) is 33.8 Å². The van der Waals surface area contributed by atoms with E-state index in [4.69, 9.17) is 23.2 Å². The van der Waals surface area contributed by atoms with Gasteiger partial charge in [0.15, 0.2) is 0 Å². The van der Waals surface area contributed by atoms with Gasteiger partial charge in [-0.1, -0.05) is 42.6 Å². The third-order valence-electron chi connectivity index (χ3n) is 4.68. The van der Waals surface area contributed by atoms with Gasteiger partial charge in [-0.25, -0.2) is 12.7 Å². The van der Waals surface area contributed by atoms with Crippen molar-refractivity contribution in [1.29, 1.82) is 0 Å². The van der Waals surface area contributed by atoms with Gasteiger partial charge >= 0.3 is 0 Å². The van der Waals surface area contributed by atoms with Gasteiger partial charge in [0, 0.05) is 35.1 Å². The molecule has 0 aromatic heterocycles. The molecular formula is C18H26Cl2N2O3S. The maximum absolute atomic E-state index is 12.7. The van der Waals surface area contributed by atoms with Crippen LogP contribution in [0.1, 0.15) is 45.1 Å². The van der Waals surface area contributed by atoms with Crippen LogP contribution in [0, 0.1) is 5.92 Å². The van der Waals surface area contributed by atoms with E-state index in [1.807, 2.05) is 6.92 Å². The Balaban J connectivity index is 1.92. The van der Waals surface area contributed by atoms with Gasteiger partial charge < -0.3 is 5.32 Å². The van der Waals surface area contributed by atoms with Crippen LogP contribution in [0.3, 0.4) is 0 Å². The number of rotatable bonds is 7. The van der Waals surface area contributed by atoms with Crippen LogP contribution >= 0.6 is 23.2 Å². The number of carbonyl (C=O) groups excluding carboxylic acids is 1. The third-order valence-corrected chi connectivity index (χ3v) is 7.10. The molecule has 0 saturated carbocycles. The monoisotopic (exact) mass is 420 g/mol. The van der Waals surface area contributed by atoms with Gasteiger partial charge in [0.2, 0.25) is 15.9 Å². The molecule has 0 aliphatic carbocycles. The van der Waals surface area contributed by atoms with Crippen LogP contribution in [0.2, 0.25) is 10.0 Å². The van der Waals surface area contributed by atoms with E-state index in [9.17, 15) is 13.2 Å². The highest BCUT2D eigenvalue weighted by Gasteiger charge is 2.31. The SMILES string of the molecule is CCC[C@H](C)NC(=O)C1CCN(S(=O)(=O)Cc2ccc(Cl)cc2Cl)CC1. The second kappa shape index (κ2) is 9.40. The molecule has 1 aromatic rings. The molecule has 8 heteroatoms. The minimum absolute atomic E-state index is 0.0312. The van der Waals surface area contributed by atoms with Gasteiger partial charge in [0.05, 0.1) is 5.75 Å². The molecule has 2 rings (SSSR count). The van der Waals surface area contributed by atoms with E-state index in [-0.39, 0.29) is 23.6 Å². The molecule has 1 heterocycles. The summed E-state index contributed by atoms with van der Waals surface area (Å²) in [6.45, 7) is 4.79. The third kappa shape index (κ3) is 5.84. The summed E-state index contributed by atoms with van der Waals surface area (Å²) in [4.78, 5) is 12.3. The lowest BCUT2D eigenvalue weighted by molar-refractivity contribution is -0.126. The Bertz CT molecular complexity index is 732. The van der Waals surface area contributed by atoms with Gasteiger partial charge in [0.25, 0.3) is 0 Å². The number of hydrogen-bond donors (Lipinski definition) is 1. The quantitative estimate of drug-likeness (QED) is 0.728. The van der Waals surface area contributed by atoms with Gasteiger partial charge in [-0.05, 0) is 43.9 Å². The average molecular weight is 421 g/mol. The zero-order valence-corrected chi connectivity index (χ0v) is 17.5. The smallest absolute Gasteiger partial charge is 0.223 e. The van der Waals surface area contributed by atoms with Crippen molar-refractivity contribution in [2.45, 2.75) is 51.3 Å². The Hall–Kier alpha value is -0.820. The Kier molecular flexibility index (Phi) is 7.76. The first-order valence-electron chi connectivity index (χ1n) is 8.95. The molecule has 0 spiro atoms. The number of hydrogen-bond acceptors (Lipinski definition) is 3. The molecule has 1 atom stereocenters. The zero-order chi connectivity index (χ0) is 19.3. The lowest BCUT2D eigenvalue weighted by Gasteiger charge is -2.31. The first kappa shape index (κ1) is 21.5. The Morgan fingerprint density at radius 2 is 1.96 bits per heavy atom. The average Bonchev–Trinajstić information content (AvgIpc) is 2.57. The minimum Gasteiger partial charge on any atom is -0.353 e.